The van der Waals surface area contributed by atoms with Gasteiger partial charge in [0.15, 0.2) is 0 Å². The van der Waals surface area contributed by atoms with E-state index < -0.39 is 10.0 Å². The van der Waals surface area contributed by atoms with Crippen LogP contribution in [-0.4, -0.2) is 73.9 Å². The SMILES string of the molecule is C[C@@H]1CN(C(c2ccc(S(=O)(=O)N(C)C)cc2)c2cccc(O)c2)[C@@H](C)CN1C. The van der Waals surface area contributed by atoms with Gasteiger partial charge in [0, 0.05) is 39.3 Å². The molecule has 0 bridgehead atoms. The van der Waals surface area contributed by atoms with Gasteiger partial charge >= 0.3 is 0 Å². The highest BCUT2D eigenvalue weighted by atomic mass is 32.2. The van der Waals surface area contributed by atoms with Crippen molar-refractivity contribution in [3.63, 3.8) is 0 Å². The third-order valence-electron chi connectivity index (χ3n) is 5.84. The van der Waals surface area contributed by atoms with Crippen LogP contribution in [0.1, 0.15) is 31.0 Å². The third-order valence-corrected chi connectivity index (χ3v) is 7.67. The van der Waals surface area contributed by atoms with Gasteiger partial charge in [0.2, 0.25) is 10.0 Å². The predicted molar refractivity (Wildman–Crippen MR) is 116 cm³/mol. The number of rotatable bonds is 5. The van der Waals surface area contributed by atoms with E-state index >= 15 is 0 Å². The van der Waals surface area contributed by atoms with Crippen LogP contribution in [0.4, 0.5) is 0 Å². The number of nitrogens with zero attached hydrogens (tertiary/aromatic N) is 3. The minimum absolute atomic E-state index is 0.0654. The Bertz CT molecular complexity index is 944. The fourth-order valence-electron chi connectivity index (χ4n) is 3.99. The first kappa shape index (κ1) is 21.8. The van der Waals surface area contributed by atoms with E-state index in [4.69, 9.17) is 0 Å². The Morgan fingerprint density at radius 3 is 2.24 bits per heavy atom. The van der Waals surface area contributed by atoms with Crippen molar-refractivity contribution < 1.29 is 13.5 Å². The van der Waals surface area contributed by atoms with Crippen molar-refractivity contribution in [2.24, 2.45) is 0 Å². The van der Waals surface area contributed by atoms with Crippen LogP contribution in [0.15, 0.2) is 53.4 Å². The summed E-state index contributed by atoms with van der Waals surface area (Å²) in [4.78, 5) is 5.07. The van der Waals surface area contributed by atoms with Crippen molar-refractivity contribution in [3.05, 3.63) is 59.7 Å². The lowest BCUT2D eigenvalue weighted by molar-refractivity contribution is 0.0389. The summed E-state index contributed by atoms with van der Waals surface area (Å²) in [7, 11) is 1.74. The molecule has 0 aliphatic carbocycles. The molecule has 158 valence electrons. The molecule has 2 aromatic rings. The molecule has 0 amide bonds. The van der Waals surface area contributed by atoms with Gasteiger partial charge < -0.3 is 10.0 Å². The standard InChI is InChI=1S/C22H31N3O3S/c1-16-15-25(17(2)14-24(16)5)22(19-7-6-8-20(26)13-19)18-9-11-21(12-10-18)29(27,28)23(3)4/h6-13,16-17,22,26H,14-15H2,1-5H3/t16-,17+,22?/m1/s1. The lowest BCUT2D eigenvalue weighted by Gasteiger charge is -2.46. The molecule has 1 heterocycles. The number of sulfonamides is 1. The quantitative estimate of drug-likeness (QED) is 0.811. The molecule has 1 aliphatic rings. The van der Waals surface area contributed by atoms with E-state index in [0.29, 0.717) is 12.1 Å². The number of hydrogen-bond donors (Lipinski definition) is 1. The zero-order valence-corrected chi connectivity index (χ0v) is 18.6. The number of hydrogen-bond acceptors (Lipinski definition) is 5. The summed E-state index contributed by atoms with van der Waals surface area (Å²) in [6, 6.07) is 15.1. The largest absolute Gasteiger partial charge is 0.508 e. The molecule has 7 heteroatoms. The zero-order valence-electron chi connectivity index (χ0n) is 17.8. The van der Waals surface area contributed by atoms with Gasteiger partial charge in [-0.3, -0.25) is 4.90 Å². The molecular formula is C22H31N3O3S. The van der Waals surface area contributed by atoms with Gasteiger partial charge in [-0.15, -0.1) is 0 Å². The third kappa shape index (κ3) is 4.48. The first-order chi connectivity index (χ1) is 13.6. The Balaban J connectivity index is 2.04. The summed E-state index contributed by atoms with van der Waals surface area (Å²) >= 11 is 0. The number of likely N-dealkylation sites (N-methyl/N-ethyl adjacent to an activating group) is 1. The number of aromatic hydroxyl groups is 1. The van der Waals surface area contributed by atoms with E-state index in [0.717, 1.165) is 24.2 Å². The van der Waals surface area contributed by atoms with Gasteiger partial charge in [-0.1, -0.05) is 24.3 Å². The molecule has 2 aromatic carbocycles. The van der Waals surface area contributed by atoms with E-state index in [2.05, 4.69) is 30.7 Å². The van der Waals surface area contributed by atoms with E-state index in [1.165, 1.54) is 18.4 Å². The first-order valence-corrected chi connectivity index (χ1v) is 11.3. The van der Waals surface area contributed by atoms with Crippen molar-refractivity contribution in [1.82, 2.24) is 14.1 Å². The van der Waals surface area contributed by atoms with Gasteiger partial charge in [0.1, 0.15) is 5.75 Å². The van der Waals surface area contributed by atoms with Crippen LogP contribution in [0.25, 0.3) is 0 Å². The lowest BCUT2D eigenvalue weighted by Crippen LogP contribution is -2.55. The average molecular weight is 418 g/mol. The van der Waals surface area contributed by atoms with E-state index in [9.17, 15) is 13.5 Å². The highest BCUT2D eigenvalue weighted by molar-refractivity contribution is 7.89. The number of piperazine rings is 1. The van der Waals surface area contributed by atoms with Gasteiger partial charge in [0.05, 0.1) is 10.9 Å². The minimum atomic E-state index is -3.47. The highest BCUT2D eigenvalue weighted by Gasteiger charge is 2.33. The molecular weight excluding hydrogens is 386 g/mol. The monoisotopic (exact) mass is 417 g/mol. The number of phenols is 1. The second-order valence-electron chi connectivity index (χ2n) is 8.19. The molecule has 1 saturated heterocycles. The molecule has 3 rings (SSSR count). The van der Waals surface area contributed by atoms with Gasteiger partial charge in [-0.25, -0.2) is 12.7 Å². The maximum absolute atomic E-state index is 12.4. The Morgan fingerprint density at radius 2 is 1.66 bits per heavy atom. The average Bonchev–Trinajstić information content (AvgIpc) is 2.66. The molecule has 29 heavy (non-hydrogen) atoms. The molecule has 0 radical (unpaired) electrons. The molecule has 1 unspecified atom stereocenters. The fourth-order valence-corrected chi connectivity index (χ4v) is 4.89. The molecule has 0 saturated carbocycles. The van der Waals surface area contributed by atoms with Crippen LogP contribution in [-0.2, 0) is 10.0 Å². The maximum atomic E-state index is 12.4. The molecule has 0 aromatic heterocycles. The Hall–Kier alpha value is -1.93. The van der Waals surface area contributed by atoms with Crippen LogP contribution < -0.4 is 0 Å². The van der Waals surface area contributed by atoms with Crippen molar-refractivity contribution in [1.29, 1.82) is 0 Å². The van der Waals surface area contributed by atoms with E-state index in [-0.39, 0.29) is 16.7 Å². The van der Waals surface area contributed by atoms with Gasteiger partial charge in [0.25, 0.3) is 0 Å². The Morgan fingerprint density at radius 1 is 1.00 bits per heavy atom. The van der Waals surface area contributed by atoms with Crippen LogP contribution in [0.2, 0.25) is 0 Å². The molecule has 1 N–H and O–H groups in total. The van der Waals surface area contributed by atoms with Crippen molar-refractivity contribution in [2.45, 2.75) is 36.9 Å². The number of benzene rings is 2. The van der Waals surface area contributed by atoms with Crippen LogP contribution >= 0.6 is 0 Å². The topological polar surface area (TPSA) is 64.1 Å². The molecule has 6 nitrogen and oxygen atoms in total. The summed E-state index contributed by atoms with van der Waals surface area (Å²) in [6.07, 6.45) is 0. The van der Waals surface area contributed by atoms with E-state index in [1.807, 2.05) is 24.3 Å². The fraction of sp³-hybridized carbons (Fsp3) is 0.455. The Labute approximate surface area is 174 Å². The van der Waals surface area contributed by atoms with Crippen molar-refractivity contribution in [2.75, 3.05) is 34.2 Å². The lowest BCUT2D eigenvalue weighted by atomic mass is 9.93. The highest BCUT2D eigenvalue weighted by Crippen LogP contribution is 2.34. The van der Waals surface area contributed by atoms with E-state index in [1.54, 1.807) is 24.3 Å². The van der Waals surface area contributed by atoms with Crippen molar-refractivity contribution in [3.8, 4) is 5.75 Å². The molecule has 1 fully saturated rings. The normalized spacial score (nSPS) is 22.7. The summed E-state index contributed by atoms with van der Waals surface area (Å²) < 4.78 is 26.1. The van der Waals surface area contributed by atoms with Crippen molar-refractivity contribution >= 4 is 10.0 Å². The summed E-state index contributed by atoms with van der Waals surface area (Å²) in [5, 5.41) is 10.1. The van der Waals surface area contributed by atoms with Crippen LogP contribution in [0, 0.1) is 0 Å². The van der Waals surface area contributed by atoms with Crippen LogP contribution in [0.5, 0.6) is 5.75 Å². The summed E-state index contributed by atoms with van der Waals surface area (Å²) in [6.45, 7) is 6.26. The maximum Gasteiger partial charge on any atom is 0.242 e. The molecule has 0 spiro atoms. The zero-order chi connectivity index (χ0) is 21.3. The van der Waals surface area contributed by atoms with Gasteiger partial charge in [-0.05, 0) is 56.3 Å². The Kier molecular flexibility index (Phi) is 6.33. The second kappa shape index (κ2) is 8.44. The first-order valence-electron chi connectivity index (χ1n) is 9.88. The summed E-state index contributed by atoms with van der Waals surface area (Å²) in [5.41, 5.74) is 2.01. The molecule has 3 atom stereocenters. The second-order valence-corrected chi connectivity index (χ2v) is 10.3. The molecule has 1 aliphatic heterocycles. The van der Waals surface area contributed by atoms with Gasteiger partial charge in [-0.2, -0.15) is 0 Å². The number of phenolic OH excluding ortho intramolecular Hbond substituents is 1. The predicted octanol–water partition coefficient (Wildman–Crippen LogP) is 2.76. The smallest absolute Gasteiger partial charge is 0.242 e. The summed E-state index contributed by atoms with van der Waals surface area (Å²) in [5.74, 6) is 0.231. The van der Waals surface area contributed by atoms with Crippen LogP contribution in [0.3, 0.4) is 0 Å². The minimum Gasteiger partial charge on any atom is -0.508 e.